The Morgan fingerprint density at radius 1 is 1.19 bits per heavy atom. The molecule has 1 N–H and O–H groups in total. The number of benzene rings is 1. The van der Waals surface area contributed by atoms with Crippen LogP contribution in [0.5, 0.6) is 0 Å². The molecule has 1 aliphatic rings. The molecule has 3 aromatic rings. The van der Waals surface area contributed by atoms with E-state index in [0.717, 1.165) is 41.5 Å². The van der Waals surface area contributed by atoms with Crippen LogP contribution in [0.1, 0.15) is 30.6 Å². The standard InChI is InChI=1S/C20H21N5OS/c1-2-25-18(15-10-12-21-13-11-15)23-24-20(25)27-17(14-6-4-3-5-7-14)19(26)22-16-8-9-16/h3-7,10-13,16-17H,2,8-9H2,1H3,(H,22,26). The van der Waals surface area contributed by atoms with Gasteiger partial charge in [0, 0.05) is 30.5 Å². The first kappa shape index (κ1) is 17.7. The molecule has 0 bridgehead atoms. The van der Waals surface area contributed by atoms with Gasteiger partial charge in [-0.2, -0.15) is 0 Å². The molecular weight excluding hydrogens is 358 g/mol. The molecule has 0 aliphatic heterocycles. The van der Waals surface area contributed by atoms with E-state index in [4.69, 9.17) is 0 Å². The number of hydrogen-bond acceptors (Lipinski definition) is 5. The third-order valence-corrected chi connectivity index (χ3v) is 5.69. The summed E-state index contributed by atoms with van der Waals surface area (Å²) in [6.07, 6.45) is 5.61. The fourth-order valence-corrected chi connectivity index (χ4v) is 4.00. The van der Waals surface area contributed by atoms with Crippen LogP contribution in [0, 0.1) is 0 Å². The first-order chi connectivity index (χ1) is 13.3. The maximum Gasteiger partial charge on any atom is 0.238 e. The fraction of sp³-hybridized carbons (Fsp3) is 0.300. The molecule has 4 rings (SSSR count). The predicted octanol–water partition coefficient (Wildman–Crippen LogP) is 3.47. The molecule has 1 unspecified atom stereocenters. The van der Waals surface area contributed by atoms with Crippen molar-refractivity contribution in [3.05, 3.63) is 60.4 Å². The van der Waals surface area contributed by atoms with Gasteiger partial charge in [-0.25, -0.2) is 0 Å². The molecule has 6 nitrogen and oxygen atoms in total. The quantitative estimate of drug-likeness (QED) is 0.637. The lowest BCUT2D eigenvalue weighted by molar-refractivity contribution is -0.120. The molecule has 1 aromatic carbocycles. The van der Waals surface area contributed by atoms with Crippen molar-refractivity contribution in [3.8, 4) is 11.4 Å². The van der Waals surface area contributed by atoms with E-state index in [-0.39, 0.29) is 11.2 Å². The summed E-state index contributed by atoms with van der Waals surface area (Å²) >= 11 is 1.45. The van der Waals surface area contributed by atoms with Gasteiger partial charge in [0.2, 0.25) is 5.91 Å². The lowest BCUT2D eigenvalue weighted by Crippen LogP contribution is -2.30. The molecule has 7 heteroatoms. The van der Waals surface area contributed by atoms with Crippen LogP contribution in [0.3, 0.4) is 0 Å². The summed E-state index contributed by atoms with van der Waals surface area (Å²) in [5.41, 5.74) is 1.93. The molecule has 2 heterocycles. The van der Waals surface area contributed by atoms with Gasteiger partial charge >= 0.3 is 0 Å². The van der Waals surface area contributed by atoms with Crippen molar-refractivity contribution in [1.82, 2.24) is 25.1 Å². The van der Waals surface area contributed by atoms with Crippen LogP contribution >= 0.6 is 11.8 Å². The van der Waals surface area contributed by atoms with E-state index in [1.807, 2.05) is 47.0 Å². The zero-order valence-corrected chi connectivity index (χ0v) is 15.9. The Bertz CT molecular complexity index is 909. The molecule has 1 aliphatic carbocycles. The van der Waals surface area contributed by atoms with Crippen LogP contribution in [-0.4, -0.2) is 31.7 Å². The Morgan fingerprint density at radius 3 is 2.59 bits per heavy atom. The molecule has 0 saturated heterocycles. The van der Waals surface area contributed by atoms with Gasteiger partial charge in [-0.05, 0) is 37.5 Å². The van der Waals surface area contributed by atoms with Gasteiger partial charge < -0.3 is 9.88 Å². The fourth-order valence-electron chi connectivity index (χ4n) is 2.89. The first-order valence-corrected chi connectivity index (χ1v) is 9.99. The highest BCUT2D eigenvalue weighted by atomic mass is 32.2. The second kappa shape index (κ2) is 7.92. The van der Waals surface area contributed by atoms with Crippen LogP contribution in [0.25, 0.3) is 11.4 Å². The van der Waals surface area contributed by atoms with E-state index >= 15 is 0 Å². The van der Waals surface area contributed by atoms with Crippen LogP contribution in [-0.2, 0) is 11.3 Å². The topological polar surface area (TPSA) is 72.7 Å². The van der Waals surface area contributed by atoms with Crippen LogP contribution in [0.15, 0.2) is 60.0 Å². The van der Waals surface area contributed by atoms with Gasteiger partial charge in [0.1, 0.15) is 5.25 Å². The second-order valence-electron chi connectivity index (χ2n) is 6.48. The molecule has 1 fully saturated rings. The van der Waals surface area contributed by atoms with Gasteiger partial charge in [0.15, 0.2) is 11.0 Å². The zero-order valence-electron chi connectivity index (χ0n) is 15.1. The van der Waals surface area contributed by atoms with Crippen molar-refractivity contribution in [3.63, 3.8) is 0 Å². The average molecular weight is 379 g/mol. The SMILES string of the molecule is CCn1c(SC(C(=O)NC2CC2)c2ccccc2)nnc1-c1ccncc1. The smallest absolute Gasteiger partial charge is 0.238 e. The number of nitrogens with zero attached hydrogens (tertiary/aromatic N) is 4. The monoisotopic (exact) mass is 379 g/mol. The summed E-state index contributed by atoms with van der Waals surface area (Å²) in [4.78, 5) is 16.9. The summed E-state index contributed by atoms with van der Waals surface area (Å²) in [6.45, 7) is 2.78. The Kier molecular flexibility index (Phi) is 5.20. The van der Waals surface area contributed by atoms with Gasteiger partial charge in [-0.1, -0.05) is 42.1 Å². The number of aromatic nitrogens is 4. The van der Waals surface area contributed by atoms with Gasteiger partial charge in [0.05, 0.1) is 0 Å². The third kappa shape index (κ3) is 4.03. The minimum Gasteiger partial charge on any atom is -0.352 e. The molecule has 0 radical (unpaired) electrons. The molecule has 1 amide bonds. The van der Waals surface area contributed by atoms with Crippen LogP contribution in [0.2, 0.25) is 0 Å². The van der Waals surface area contributed by atoms with Crippen molar-refractivity contribution in [2.45, 2.75) is 42.8 Å². The Morgan fingerprint density at radius 2 is 1.93 bits per heavy atom. The highest BCUT2D eigenvalue weighted by molar-refractivity contribution is 8.00. The van der Waals surface area contributed by atoms with E-state index in [1.165, 1.54) is 11.8 Å². The minimum absolute atomic E-state index is 0.0322. The molecule has 2 aromatic heterocycles. The summed E-state index contributed by atoms with van der Waals surface area (Å²) in [6, 6.07) is 14.0. The number of pyridine rings is 1. The number of nitrogens with one attached hydrogen (secondary N) is 1. The zero-order chi connectivity index (χ0) is 18.6. The van der Waals surface area contributed by atoms with Crippen LogP contribution < -0.4 is 5.32 Å². The number of hydrogen-bond donors (Lipinski definition) is 1. The summed E-state index contributed by atoms with van der Waals surface area (Å²) < 4.78 is 2.04. The van der Waals surface area contributed by atoms with Crippen molar-refractivity contribution < 1.29 is 4.79 Å². The van der Waals surface area contributed by atoms with E-state index in [2.05, 4.69) is 27.4 Å². The van der Waals surface area contributed by atoms with Crippen molar-refractivity contribution in [2.24, 2.45) is 0 Å². The largest absolute Gasteiger partial charge is 0.352 e. The molecule has 27 heavy (non-hydrogen) atoms. The van der Waals surface area contributed by atoms with Gasteiger partial charge in [-0.3, -0.25) is 9.78 Å². The number of carbonyl (C=O) groups is 1. The molecule has 1 saturated carbocycles. The Balaban J connectivity index is 1.65. The Labute approximate surface area is 162 Å². The molecule has 0 spiro atoms. The van der Waals surface area contributed by atoms with E-state index < -0.39 is 0 Å². The molecule has 138 valence electrons. The van der Waals surface area contributed by atoms with Gasteiger partial charge in [-0.15, -0.1) is 10.2 Å². The van der Waals surface area contributed by atoms with E-state index in [0.29, 0.717) is 6.04 Å². The average Bonchev–Trinajstić information content (AvgIpc) is 3.43. The van der Waals surface area contributed by atoms with Crippen molar-refractivity contribution in [1.29, 1.82) is 0 Å². The normalized spacial score (nSPS) is 14.7. The highest BCUT2D eigenvalue weighted by Crippen LogP contribution is 2.36. The maximum atomic E-state index is 12.9. The highest BCUT2D eigenvalue weighted by Gasteiger charge is 2.30. The van der Waals surface area contributed by atoms with Crippen LogP contribution in [0.4, 0.5) is 0 Å². The lowest BCUT2D eigenvalue weighted by atomic mass is 10.1. The summed E-state index contributed by atoms with van der Waals surface area (Å²) in [7, 11) is 0. The van der Waals surface area contributed by atoms with Crippen molar-refractivity contribution >= 4 is 17.7 Å². The summed E-state index contributed by atoms with van der Waals surface area (Å²) in [5, 5.41) is 12.3. The van der Waals surface area contributed by atoms with Gasteiger partial charge in [0.25, 0.3) is 0 Å². The Hall–Kier alpha value is -2.67. The second-order valence-corrected chi connectivity index (χ2v) is 7.55. The number of rotatable bonds is 7. The molecule has 1 atom stereocenters. The minimum atomic E-state index is -0.355. The van der Waals surface area contributed by atoms with E-state index in [1.54, 1.807) is 12.4 Å². The number of carbonyl (C=O) groups excluding carboxylic acids is 1. The number of thioether (sulfide) groups is 1. The predicted molar refractivity (Wildman–Crippen MR) is 105 cm³/mol. The molecular formula is C20H21N5OS. The van der Waals surface area contributed by atoms with Crippen molar-refractivity contribution in [2.75, 3.05) is 0 Å². The lowest BCUT2D eigenvalue weighted by Gasteiger charge is -2.17. The maximum absolute atomic E-state index is 12.9. The van der Waals surface area contributed by atoms with E-state index in [9.17, 15) is 4.79 Å². The summed E-state index contributed by atoms with van der Waals surface area (Å²) in [5.74, 6) is 0.821. The third-order valence-electron chi connectivity index (χ3n) is 4.46. The number of amides is 1. The first-order valence-electron chi connectivity index (χ1n) is 9.12.